The van der Waals surface area contributed by atoms with Gasteiger partial charge in [-0.2, -0.15) is 0 Å². The number of rotatable bonds is 5. The molecule has 2 unspecified atom stereocenters. The number of halogens is 1. The average Bonchev–Trinajstić information content (AvgIpc) is 2.77. The van der Waals surface area contributed by atoms with Gasteiger partial charge in [-0.25, -0.2) is 5.01 Å². The molecule has 0 spiro atoms. The highest BCUT2D eigenvalue weighted by molar-refractivity contribution is 6.30. The number of likely N-dealkylation sites (N-methyl/N-ethyl adjacent to an activating group) is 1. The minimum absolute atomic E-state index is 0.174. The van der Waals surface area contributed by atoms with Crippen molar-refractivity contribution < 1.29 is 9.28 Å². The van der Waals surface area contributed by atoms with Crippen LogP contribution in [0.15, 0.2) is 54.6 Å². The normalized spacial score (nSPS) is 25.9. The van der Waals surface area contributed by atoms with Crippen molar-refractivity contribution in [1.82, 2.24) is 10.0 Å². The number of hydrazine groups is 1. The summed E-state index contributed by atoms with van der Waals surface area (Å²) in [7, 11) is 0. The maximum atomic E-state index is 13.9. The first-order chi connectivity index (χ1) is 14.1. The molecule has 0 bridgehead atoms. The second-order valence-corrected chi connectivity index (χ2v) is 8.77. The van der Waals surface area contributed by atoms with E-state index in [-0.39, 0.29) is 11.9 Å². The number of hydrogen-bond acceptors (Lipinski definition) is 2. The molecule has 2 aromatic carbocycles. The van der Waals surface area contributed by atoms with Gasteiger partial charge in [-0.05, 0) is 31.9 Å². The summed E-state index contributed by atoms with van der Waals surface area (Å²) >= 11 is 6.10. The summed E-state index contributed by atoms with van der Waals surface area (Å²) in [5.74, 6) is 0.250. The molecule has 1 amide bonds. The number of hydrogen-bond donors (Lipinski definition) is 0. The minimum Gasteiger partial charge on any atom is -0.304 e. The van der Waals surface area contributed by atoms with Crippen LogP contribution in [0.5, 0.6) is 0 Å². The predicted molar refractivity (Wildman–Crippen MR) is 117 cm³/mol. The summed E-state index contributed by atoms with van der Waals surface area (Å²) in [6, 6.07) is 18.3. The standard InChI is InChI=1S/C24H31ClN3O/c1-2-28(19-20-11-13-22(25)14-12-20)18-17-27(26-15-7-4-8-16-26)24(29)23(28)21-9-5-3-6-10-21/h3,5-6,9-14,23H,2,4,7-8,15-19H2,1H3/q+1. The van der Waals surface area contributed by atoms with Gasteiger partial charge < -0.3 is 4.48 Å². The Morgan fingerprint density at radius 2 is 1.66 bits per heavy atom. The van der Waals surface area contributed by atoms with E-state index in [0.717, 1.165) is 54.3 Å². The number of benzene rings is 2. The fourth-order valence-corrected chi connectivity index (χ4v) is 5.10. The predicted octanol–water partition coefficient (Wildman–Crippen LogP) is 4.66. The zero-order valence-electron chi connectivity index (χ0n) is 17.3. The molecule has 2 aliphatic heterocycles. The summed E-state index contributed by atoms with van der Waals surface area (Å²) in [6.45, 7) is 7.72. The SMILES string of the molecule is CC[N+]1(Cc2ccc(Cl)cc2)CCN(N2CCCCC2)C(=O)C1c1ccccc1. The van der Waals surface area contributed by atoms with Gasteiger partial charge in [0.1, 0.15) is 6.54 Å². The molecule has 5 heteroatoms. The van der Waals surface area contributed by atoms with Crippen molar-refractivity contribution in [2.75, 3.05) is 32.7 Å². The van der Waals surface area contributed by atoms with E-state index in [1.807, 2.05) is 18.2 Å². The zero-order valence-corrected chi connectivity index (χ0v) is 18.0. The largest absolute Gasteiger partial charge is 0.304 e. The summed E-state index contributed by atoms with van der Waals surface area (Å²) in [6.07, 6.45) is 3.63. The van der Waals surface area contributed by atoms with Crippen molar-refractivity contribution in [2.45, 2.75) is 38.8 Å². The van der Waals surface area contributed by atoms with Gasteiger partial charge in [0.25, 0.3) is 5.91 Å². The zero-order chi connectivity index (χ0) is 20.3. The molecule has 2 heterocycles. The highest BCUT2D eigenvalue weighted by atomic mass is 35.5. The topological polar surface area (TPSA) is 23.6 Å². The van der Waals surface area contributed by atoms with Crippen molar-refractivity contribution in [3.8, 4) is 0 Å². The Morgan fingerprint density at radius 3 is 2.31 bits per heavy atom. The van der Waals surface area contributed by atoms with Gasteiger partial charge in [0.2, 0.25) is 0 Å². The van der Waals surface area contributed by atoms with E-state index in [9.17, 15) is 4.79 Å². The Kier molecular flexibility index (Phi) is 6.23. The lowest BCUT2D eigenvalue weighted by Crippen LogP contribution is -2.66. The molecule has 154 valence electrons. The lowest BCUT2D eigenvalue weighted by atomic mass is 9.96. The summed E-state index contributed by atoms with van der Waals surface area (Å²) in [4.78, 5) is 13.9. The van der Waals surface area contributed by atoms with Crippen LogP contribution >= 0.6 is 11.6 Å². The molecule has 2 aliphatic rings. The van der Waals surface area contributed by atoms with Gasteiger partial charge in [0.15, 0.2) is 6.04 Å². The van der Waals surface area contributed by atoms with E-state index in [4.69, 9.17) is 11.6 Å². The third-order valence-electron chi connectivity index (χ3n) is 6.62. The highest BCUT2D eigenvalue weighted by Gasteiger charge is 2.49. The lowest BCUT2D eigenvalue weighted by molar-refractivity contribution is -0.962. The van der Waals surface area contributed by atoms with Crippen LogP contribution in [0.25, 0.3) is 0 Å². The molecule has 2 aromatic rings. The molecule has 4 nitrogen and oxygen atoms in total. The first kappa shape index (κ1) is 20.4. The number of piperidine rings is 1. The second-order valence-electron chi connectivity index (χ2n) is 8.33. The van der Waals surface area contributed by atoms with E-state index < -0.39 is 0 Å². The van der Waals surface area contributed by atoms with Crippen LogP contribution in [0.1, 0.15) is 43.4 Å². The van der Waals surface area contributed by atoms with Crippen LogP contribution in [-0.2, 0) is 11.3 Å². The molecule has 0 N–H and O–H groups in total. The van der Waals surface area contributed by atoms with Gasteiger partial charge in [-0.1, -0.05) is 60.5 Å². The molecular weight excluding hydrogens is 382 g/mol. The van der Waals surface area contributed by atoms with E-state index in [1.165, 1.54) is 24.8 Å². The van der Waals surface area contributed by atoms with Gasteiger partial charge in [0, 0.05) is 29.2 Å². The monoisotopic (exact) mass is 412 g/mol. The first-order valence-electron chi connectivity index (χ1n) is 10.8. The van der Waals surface area contributed by atoms with Crippen LogP contribution in [0.3, 0.4) is 0 Å². The minimum atomic E-state index is -0.174. The Balaban J connectivity index is 1.69. The van der Waals surface area contributed by atoms with E-state index in [0.29, 0.717) is 0 Å². The van der Waals surface area contributed by atoms with E-state index in [2.05, 4.69) is 53.3 Å². The van der Waals surface area contributed by atoms with Gasteiger partial charge in [-0.3, -0.25) is 9.80 Å². The van der Waals surface area contributed by atoms with E-state index >= 15 is 0 Å². The second kappa shape index (κ2) is 8.86. The van der Waals surface area contributed by atoms with Gasteiger partial charge in [-0.15, -0.1) is 0 Å². The number of nitrogens with zero attached hydrogens (tertiary/aromatic N) is 3. The molecule has 2 saturated heterocycles. The number of amides is 1. The molecule has 0 radical (unpaired) electrons. The Labute approximate surface area is 179 Å². The number of quaternary nitrogens is 1. The maximum absolute atomic E-state index is 13.9. The fourth-order valence-electron chi connectivity index (χ4n) is 4.98. The highest BCUT2D eigenvalue weighted by Crippen LogP contribution is 2.37. The molecule has 0 aromatic heterocycles. The Hall–Kier alpha value is -1.88. The molecule has 2 fully saturated rings. The van der Waals surface area contributed by atoms with Crippen molar-refractivity contribution >= 4 is 17.5 Å². The molecule has 2 atom stereocenters. The van der Waals surface area contributed by atoms with Crippen molar-refractivity contribution in [1.29, 1.82) is 0 Å². The van der Waals surface area contributed by atoms with Crippen molar-refractivity contribution in [2.24, 2.45) is 0 Å². The third kappa shape index (κ3) is 4.20. The summed E-state index contributed by atoms with van der Waals surface area (Å²) < 4.78 is 0.759. The average molecular weight is 413 g/mol. The van der Waals surface area contributed by atoms with Crippen LogP contribution < -0.4 is 0 Å². The molecule has 4 rings (SSSR count). The van der Waals surface area contributed by atoms with E-state index in [1.54, 1.807) is 0 Å². The molecule has 29 heavy (non-hydrogen) atoms. The summed E-state index contributed by atoms with van der Waals surface area (Å²) in [5, 5.41) is 5.11. The first-order valence-corrected chi connectivity index (χ1v) is 11.2. The van der Waals surface area contributed by atoms with Gasteiger partial charge >= 0.3 is 0 Å². The van der Waals surface area contributed by atoms with Crippen LogP contribution in [0.4, 0.5) is 0 Å². The smallest absolute Gasteiger partial charge is 0.300 e. The number of carbonyl (C=O) groups excluding carboxylic acids is 1. The van der Waals surface area contributed by atoms with Crippen molar-refractivity contribution in [3.05, 3.63) is 70.7 Å². The number of carbonyl (C=O) groups is 1. The van der Waals surface area contributed by atoms with Crippen LogP contribution in [0.2, 0.25) is 5.02 Å². The molecule has 0 saturated carbocycles. The van der Waals surface area contributed by atoms with Gasteiger partial charge in [0.05, 0.1) is 19.6 Å². The third-order valence-corrected chi connectivity index (χ3v) is 6.87. The van der Waals surface area contributed by atoms with Crippen LogP contribution in [0, 0.1) is 0 Å². The number of piperazine rings is 1. The Morgan fingerprint density at radius 1 is 0.966 bits per heavy atom. The quantitative estimate of drug-likeness (QED) is 0.667. The Bertz CT molecular complexity index is 820. The lowest BCUT2D eigenvalue weighted by Gasteiger charge is -2.51. The fraction of sp³-hybridized carbons (Fsp3) is 0.458. The molecule has 0 aliphatic carbocycles. The van der Waals surface area contributed by atoms with Crippen molar-refractivity contribution in [3.63, 3.8) is 0 Å². The molecular formula is C24H31ClN3O+. The van der Waals surface area contributed by atoms with Crippen LogP contribution in [-0.4, -0.2) is 53.1 Å². The maximum Gasteiger partial charge on any atom is 0.300 e. The summed E-state index contributed by atoms with van der Waals surface area (Å²) in [5.41, 5.74) is 2.35.